The summed E-state index contributed by atoms with van der Waals surface area (Å²) in [5.41, 5.74) is 0.758. The molecule has 2 aromatic carbocycles. The molecule has 2 aliphatic heterocycles. The Kier molecular flexibility index (Phi) is 7.19. The van der Waals surface area contributed by atoms with Crippen molar-refractivity contribution < 1.29 is 18.0 Å². The first-order chi connectivity index (χ1) is 16.2. The van der Waals surface area contributed by atoms with Gasteiger partial charge in [0.1, 0.15) is 0 Å². The number of hydrogen-bond donors (Lipinski definition) is 1. The molecule has 184 valence electrons. The van der Waals surface area contributed by atoms with E-state index < -0.39 is 17.5 Å². The first-order valence-electron chi connectivity index (χ1n) is 11.9. The maximum atomic E-state index is 14.3. The maximum absolute atomic E-state index is 14.3. The molecule has 4 rings (SSSR count). The second kappa shape index (κ2) is 9.96. The van der Waals surface area contributed by atoms with Crippen molar-refractivity contribution in [2.75, 3.05) is 56.0 Å². The summed E-state index contributed by atoms with van der Waals surface area (Å²) >= 11 is 0. The minimum atomic E-state index is -4.63. The van der Waals surface area contributed by atoms with E-state index in [4.69, 9.17) is 0 Å². The van der Waals surface area contributed by atoms with E-state index in [2.05, 4.69) is 22.0 Å². The van der Waals surface area contributed by atoms with Crippen molar-refractivity contribution in [3.63, 3.8) is 0 Å². The van der Waals surface area contributed by atoms with Gasteiger partial charge in [0.05, 0.1) is 0 Å². The third-order valence-corrected chi connectivity index (χ3v) is 7.22. The molecular formula is C26H33F3N4O. The molecule has 2 fully saturated rings. The van der Waals surface area contributed by atoms with Crippen molar-refractivity contribution in [3.05, 3.63) is 59.7 Å². The average Bonchev–Trinajstić information content (AvgIpc) is 3.26. The molecule has 2 heterocycles. The molecule has 8 heteroatoms. The quantitative estimate of drug-likeness (QED) is 0.668. The summed E-state index contributed by atoms with van der Waals surface area (Å²) in [5.74, 6) is -0.969. The molecule has 1 amide bonds. The summed E-state index contributed by atoms with van der Waals surface area (Å²) in [7, 11) is 0. The number of carbonyl (C=O) groups is 1. The van der Waals surface area contributed by atoms with E-state index >= 15 is 0 Å². The minimum Gasteiger partial charge on any atom is -0.369 e. The average molecular weight is 475 g/mol. The van der Waals surface area contributed by atoms with Gasteiger partial charge in [0.15, 0.2) is 5.41 Å². The molecular weight excluding hydrogens is 441 g/mol. The van der Waals surface area contributed by atoms with Gasteiger partial charge in [0.25, 0.3) is 0 Å². The standard InChI is InChI=1S/C26H33F3N4O/c1-3-31-13-15-33(16-14-31)22-9-10-23(20(2)17-22)30-24(34)25(26(27,28)29)11-12-32(19-25)18-21-7-5-4-6-8-21/h4-10,17H,3,11-16,18-19H2,1-2H3,(H,30,34). The second-order valence-corrected chi connectivity index (χ2v) is 9.40. The number of amides is 1. The fourth-order valence-corrected chi connectivity index (χ4v) is 4.96. The number of alkyl halides is 3. The van der Waals surface area contributed by atoms with Gasteiger partial charge in [-0.2, -0.15) is 13.2 Å². The van der Waals surface area contributed by atoms with Gasteiger partial charge in [-0.15, -0.1) is 0 Å². The predicted molar refractivity (Wildman–Crippen MR) is 129 cm³/mol. The maximum Gasteiger partial charge on any atom is 0.404 e. The topological polar surface area (TPSA) is 38.8 Å². The summed E-state index contributed by atoms with van der Waals surface area (Å²) in [6.07, 6.45) is -4.87. The number of likely N-dealkylation sites (N-methyl/N-ethyl adjacent to an activating group) is 1. The number of carbonyl (C=O) groups excluding carboxylic acids is 1. The van der Waals surface area contributed by atoms with Crippen LogP contribution in [0.1, 0.15) is 24.5 Å². The Hall–Kier alpha value is -2.58. The zero-order chi connectivity index (χ0) is 24.3. The normalized spacial score (nSPS) is 22.2. The van der Waals surface area contributed by atoms with Crippen LogP contribution in [0.4, 0.5) is 24.5 Å². The van der Waals surface area contributed by atoms with Crippen LogP contribution >= 0.6 is 0 Å². The summed E-state index contributed by atoms with van der Waals surface area (Å²) < 4.78 is 42.8. The Morgan fingerprint density at radius 2 is 1.71 bits per heavy atom. The number of hydrogen-bond acceptors (Lipinski definition) is 4. The summed E-state index contributed by atoms with van der Waals surface area (Å²) in [6.45, 7) is 9.09. The van der Waals surface area contributed by atoms with Crippen LogP contribution in [0.25, 0.3) is 0 Å². The summed E-state index contributed by atoms with van der Waals surface area (Å²) in [6, 6.07) is 15.0. The number of nitrogens with zero attached hydrogens (tertiary/aromatic N) is 3. The highest BCUT2D eigenvalue weighted by molar-refractivity contribution is 5.97. The van der Waals surface area contributed by atoms with E-state index in [-0.39, 0.29) is 19.5 Å². The van der Waals surface area contributed by atoms with Gasteiger partial charge in [0, 0.05) is 50.6 Å². The van der Waals surface area contributed by atoms with E-state index in [0.717, 1.165) is 49.5 Å². The van der Waals surface area contributed by atoms with Gasteiger partial charge in [-0.1, -0.05) is 37.3 Å². The molecule has 2 aromatic rings. The number of halogens is 3. The molecule has 0 spiro atoms. The number of benzene rings is 2. The fraction of sp³-hybridized carbons (Fsp3) is 0.500. The Morgan fingerprint density at radius 3 is 2.32 bits per heavy atom. The van der Waals surface area contributed by atoms with Gasteiger partial charge >= 0.3 is 6.18 Å². The number of nitrogens with one attached hydrogen (secondary N) is 1. The third kappa shape index (κ3) is 5.08. The number of likely N-dealkylation sites (tertiary alicyclic amines) is 1. The van der Waals surface area contributed by atoms with Crippen LogP contribution in [-0.4, -0.2) is 67.7 Å². The molecule has 0 bridgehead atoms. The second-order valence-electron chi connectivity index (χ2n) is 9.40. The van der Waals surface area contributed by atoms with Crippen LogP contribution in [0, 0.1) is 12.3 Å². The Bertz CT molecular complexity index is 989. The lowest BCUT2D eigenvalue weighted by Crippen LogP contribution is -2.50. The SMILES string of the molecule is CCN1CCN(c2ccc(NC(=O)C3(C(F)(F)F)CCN(Cc4ccccc4)C3)c(C)c2)CC1. The molecule has 0 saturated carbocycles. The van der Waals surface area contributed by atoms with Crippen LogP contribution in [0.3, 0.4) is 0 Å². The van der Waals surface area contributed by atoms with Gasteiger partial charge in [-0.05, 0) is 55.8 Å². The van der Waals surface area contributed by atoms with Gasteiger partial charge < -0.3 is 15.1 Å². The smallest absolute Gasteiger partial charge is 0.369 e. The zero-order valence-electron chi connectivity index (χ0n) is 19.9. The van der Waals surface area contributed by atoms with Crippen molar-refractivity contribution in [1.29, 1.82) is 0 Å². The van der Waals surface area contributed by atoms with Crippen molar-refractivity contribution >= 4 is 17.3 Å². The highest BCUT2D eigenvalue weighted by Gasteiger charge is 2.63. The highest BCUT2D eigenvalue weighted by Crippen LogP contribution is 2.46. The zero-order valence-corrected chi connectivity index (χ0v) is 19.9. The van der Waals surface area contributed by atoms with Crippen LogP contribution in [0.5, 0.6) is 0 Å². The molecule has 2 saturated heterocycles. The first-order valence-corrected chi connectivity index (χ1v) is 11.9. The molecule has 1 unspecified atom stereocenters. The molecule has 34 heavy (non-hydrogen) atoms. The summed E-state index contributed by atoms with van der Waals surface area (Å²) in [4.78, 5) is 19.5. The van der Waals surface area contributed by atoms with Crippen molar-refractivity contribution in [3.8, 4) is 0 Å². The lowest BCUT2D eigenvalue weighted by molar-refractivity contribution is -0.215. The first kappa shape index (κ1) is 24.5. The fourth-order valence-electron chi connectivity index (χ4n) is 4.96. The number of rotatable bonds is 6. The van der Waals surface area contributed by atoms with E-state index in [1.165, 1.54) is 0 Å². The molecule has 0 aromatic heterocycles. The number of aryl methyl sites for hydroxylation is 1. The van der Waals surface area contributed by atoms with Crippen molar-refractivity contribution in [1.82, 2.24) is 9.80 Å². The van der Waals surface area contributed by atoms with Crippen LogP contribution in [0.15, 0.2) is 48.5 Å². The van der Waals surface area contributed by atoms with Crippen LogP contribution in [-0.2, 0) is 11.3 Å². The molecule has 1 atom stereocenters. The predicted octanol–water partition coefficient (Wildman–Crippen LogP) is 4.53. The highest BCUT2D eigenvalue weighted by atomic mass is 19.4. The largest absolute Gasteiger partial charge is 0.404 e. The van der Waals surface area contributed by atoms with Crippen molar-refractivity contribution in [2.45, 2.75) is 33.0 Å². The van der Waals surface area contributed by atoms with Crippen LogP contribution in [0.2, 0.25) is 0 Å². The van der Waals surface area contributed by atoms with E-state index in [0.29, 0.717) is 12.2 Å². The van der Waals surface area contributed by atoms with Crippen molar-refractivity contribution in [2.24, 2.45) is 5.41 Å². The van der Waals surface area contributed by atoms with E-state index in [9.17, 15) is 18.0 Å². The Balaban J connectivity index is 1.46. The number of piperazine rings is 1. The molecule has 0 aliphatic carbocycles. The Morgan fingerprint density at radius 1 is 1.00 bits per heavy atom. The van der Waals surface area contributed by atoms with Gasteiger partial charge in [0.2, 0.25) is 5.91 Å². The monoisotopic (exact) mass is 474 g/mol. The van der Waals surface area contributed by atoms with Gasteiger partial charge in [-0.25, -0.2) is 0 Å². The van der Waals surface area contributed by atoms with Gasteiger partial charge in [-0.3, -0.25) is 9.69 Å². The van der Waals surface area contributed by atoms with Crippen LogP contribution < -0.4 is 10.2 Å². The van der Waals surface area contributed by atoms with E-state index in [1.807, 2.05) is 49.4 Å². The molecule has 0 radical (unpaired) electrons. The number of anilines is 2. The minimum absolute atomic E-state index is 0.226. The Labute approximate surface area is 199 Å². The van der Waals surface area contributed by atoms with E-state index in [1.54, 1.807) is 11.0 Å². The molecule has 5 nitrogen and oxygen atoms in total. The third-order valence-electron chi connectivity index (χ3n) is 7.22. The summed E-state index contributed by atoms with van der Waals surface area (Å²) in [5, 5.41) is 2.62. The molecule has 2 aliphatic rings. The molecule has 1 N–H and O–H groups in total. The lowest BCUT2D eigenvalue weighted by Gasteiger charge is -2.36. The lowest BCUT2D eigenvalue weighted by atomic mass is 9.85.